The van der Waals surface area contributed by atoms with Gasteiger partial charge in [0, 0.05) is 26.1 Å². The van der Waals surface area contributed by atoms with Crippen molar-refractivity contribution in [1.29, 1.82) is 0 Å². The van der Waals surface area contributed by atoms with Crippen LogP contribution in [-0.4, -0.2) is 57.5 Å². The van der Waals surface area contributed by atoms with Crippen LogP contribution in [0, 0.1) is 0 Å². The Morgan fingerprint density at radius 2 is 1.88 bits per heavy atom. The maximum Gasteiger partial charge on any atom is 0.410 e. The maximum atomic E-state index is 12.6. The highest BCUT2D eigenvalue weighted by atomic mass is 16.6. The van der Waals surface area contributed by atoms with E-state index in [1.807, 2.05) is 25.7 Å². The summed E-state index contributed by atoms with van der Waals surface area (Å²) in [6.07, 6.45) is 5.89. The van der Waals surface area contributed by atoms with E-state index in [0.717, 1.165) is 31.6 Å². The second kappa shape index (κ2) is 6.61. The molecule has 7 nitrogen and oxygen atoms in total. The predicted molar refractivity (Wildman–Crippen MR) is 93.7 cm³/mol. The van der Waals surface area contributed by atoms with E-state index in [1.54, 1.807) is 6.20 Å². The largest absolute Gasteiger partial charge is 0.444 e. The van der Waals surface area contributed by atoms with Gasteiger partial charge in [-0.15, -0.1) is 0 Å². The first-order valence-electron chi connectivity index (χ1n) is 8.84. The predicted octanol–water partition coefficient (Wildman–Crippen LogP) is 2.66. The number of hydrogen-bond acceptors (Lipinski definition) is 6. The van der Waals surface area contributed by atoms with Crippen LogP contribution in [0.4, 0.5) is 10.6 Å². The first-order chi connectivity index (χ1) is 11.7. The minimum Gasteiger partial charge on any atom is -0.444 e. The molecule has 25 heavy (non-hydrogen) atoms. The Labute approximate surface area is 148 Å². The molecule has 1 saturated heterocycles. The van der Waals surface area contributed by atoms with Gasteiger partial charge >= 0.3 is 6.09 Å². The average molecular weight is 346 g/mol. The van der Waals surface area contributed by atoms with Crippen LogP contribution in [0.5, 0.6) is 0 Å². The molecular formula is C18H26N4O3. The van der Waals surface area contributed by atoms with Gasteiger partial charge in [0.1, 0.15) is 17.1 Å². The number of amides is 1. The van der Waals surface area contributed by atoms with E-state index in [4.69, 9.17) is 4.74 Å². The molecule has 2 heterocycles. The summed E-state index contributed by atoms with van der Waals surface area (Å²) >= 11 is 0. The Hall–Kier alpha value is -2.18. The molecule has 1 atom stereocenters. The molecule has 1 aliphatic heterocycles. The van der Waals surface area contributed by atoms with Crippen molar-refractivity contribution in [3.8, 4) is 0 Å². The van der Waals surface area contributed by atoms with Crippen molar-refractivity contribution in [1.82, 2.24) is 14.9 Å². The number of ether oxygens (including phenoxy) is 1. The first kappa shape index (κ1) is 17.6. The van der Waals surface area contributed by atoms with Crippen LogP contribution in [0.25, 0.3) is 0 Å². The lowest BCUT2D eigenvalue weighted by molar-refractivity contribution is 0.0158. The van der Waals surface area contributed by atoms with Gasteiger partial charge in [-0.05, 0) is 40.0 Å². The Morgan fingerprint density at radius 3 is 2.40 bits per heavy atom. The summed E-state index contributed by atoms with van der Waals surface area (Å²) in [5.41, 5.74) is -0.121. The van der Waals surface area contributed by atoms with Gasteiger partial charge < -0.3 is 14.5 Å². The molecule has 0 bridgehead atoms. The zero-order valence-electron chi connectivity index (χ0n) is 15.4. The Morgan fingerprint density at radius 1 is 1.16 bits per heavy atom. The van der Waals surface area contributed by atoms with Crippen molar-refractivity contribution < 1.29 is 14.3 Å². The van der Waals surface area contributed by atoms with E-state index in [9.17, 15) is 9.59 Å². The second-order valence-electron chi connectivity index (χ2n) is 7.82. The van der Waals surface area contributed by atoms with Gasteiger partial charge in [0.05, 0.1) is 18.4 Å². The third kappa shape index (κ3) is 4.27. The molecule has 0 aromatic carbocycles. The number of carbonyl (C=O) groups excluding carboxylic acids is 2. The summed E-state index contributed by atoms with van der Waals surface area (Å²) in [6.45, 7) is 8.67. The maximum absolute atomic E-state index is 12.6. The number of hydrogen-bond donors (Lipinski definition) is 0. The molecule has 136 valence electrons. The highest BCUT2D eigenvalue weighted by molar-refractivity contribution is 5.91. The number of Topliss-reactive ketones (excluding diaryl/α,β-unsaturated/α-hetero) is 1. The second-order valence-corrected chi connectivity index (χ2v) is 7.82. The molecule has 1 amide bonds. The van der Waals surface area contributed by atoms with Crippen LogP contribution in [0.2, 0.25) is 0 Å². The van der Waals surface area contributed by atoms with E-state index in [1.165, 1.54) is 13.1 Å². The molecule has 0 spiro atoms. The summed E-state index contributed by atoms with van der Waals surface area (Å²) < 4.78 is 5.60. The number of anilines is 1. The molecule has 1 aromatic rings. The van der Waals surface area contributed by atoms with Gasteiger partial charge in [0.25, 0.3) is 0 Å². The van der Waals surface area contributed by atoms with Crippen LogP contribution >= 0.6 is 0 Å². The van der Waals surface area contributed by atoms with Crippen LogP contribution in [0.3, 0.4) is 0 Å². The molecule has 1 aliphatic carbocycles. The quantitative estimate of drug-likeness (QED) is 0.780. The minimum atomic E-state index is -0.490. The lowest BCUT2D eigenvalue weighted by Crippen LogP contribution is -2.46. The number of ketones is 1. The number of carbonyl (C=O) groups is 2. The highest BCUT2D eigenvalue weighted by Gasteiger charge is 2.42. The molecule has 0 unspecified atom stereocenters. The topological polar surface area (TPSA) is 75.6 Å². The summed E-state index contributed by atoms with van der Waals surface area (Å²) in [5, 5.41) is 0. The van der Waals surface area contributed by atoms with Gasteiger partial charge in [0.15, 0.2) is 5.78 Å². The summed E-state index contributed by atoms with van der Waals surface area (Å²) in [6, 6.07) is 0.419. The fourth-order valence-electron chi connectivity index (χ4n) is 3.11. The van der Waals surface area contributed by atoms with Crippen LogP contribution in [0.15, 0.2) is 12.4 Å². The lowest BCUT2D eigenvalue weighted by atomic mass is 10.2. The Balaban J connectivity index is 1.67. The zero-order chi connectivity index (χ0) is 18.2. The Bertz CT molecular complexity index is 649. The summed E-state index contributed by atoms with van der Waals surface area (Å²) in [5.74, 6) is 0.649. The van der Waals surface area contributed by atoms with Crippen molar-refractivity contribution in [3.63, 3.8) is 0 Å². The van der Waals surface area contributed by atoms with Crippen LogP contribution < -0.4 is 4.90 Å². The number of nitrogens with zero attached hydrogens (tertiary/aromatic N) is 4. The summed E-state index contributed by atoms with van der Waals surface area (Å²) in [7, 11) is 0. The molecule has 1 saturated carbocycles. The van der Waals surface area contributed by atoms with Gasteiger partial charge in [-0.2, -0.15) is 0 Å². The standard InChI is InChI=1S/C18H26N4O3/c1-12(23)15-9-20-16(10-19-15)21-8-7-14(11-21)22(13-5-6-13)17(24)25-18(2,3)4/h9-10,13-14H,5-8,11H2,1-4H3/t14-/m1/s1. The van der Waals surface area contributed by atoms with Gasteiger partial charge in [-0.3, -0.25) is 4.79 Å². The normalized spacial score (nSPS) is 20.5. The molecule has 3 rings (SSSR count). The van der Waals surface area contributed by atoms with Crippen molar-refractivity contribution in [2.75, 3.05) is 18.0 Å². The molecule has 0 radical (unpaired) electrons. The average Bonchev–Trinajstić information content (AvgIpc) is 3.22. The first-order valence-corrected chi connectivity index (χ1v) is 8.84. The van der Waals surface area contributed by atoms with Gasteiger partial charge in [0.2, 0.25) is 0 Å². The fourth-order valence-corrected chi connectivity index (χ4v) is 3.11. The van der Waals surface area contributed by atoms with Crippen LogP contribution in [0.1, 0.15) is 57.4 Å². The number of rotatable bonds is 4. The van der Waals surface area contributed by atoms with Gasteiger partial charge in [-0.25, -0.2) is 14.8 Å². The molecular weight excluding hydrogens is 320 g/mol. The van der Waals surface area contributed by atoms with E-state index < -0.39 is 5.60 Å². The SMILES string of the molecule is CC(=O)c1cnc(N2CC[C@@H](N(C(=O)OC(C)(C)C)C3CC3)C2)cn1. The van der Waals surface area contributed by atoms with E-state index in [2.05, 4.69) is 14.9 Å². The van der Waals surface area contributed by atoms with Crippen LogP contribution in [-0.2, 0) is 4.74 Å². The van der Waals surface area contributed by atoms with Crippen molar-refractivity contribution in [3.05, 3.63) is 18.1 Å². The third-order valence-corrected chi connectivity index (χ3v) is 4.42. The fraction of sp³-hybridized carbons (Fsp3) is 0.667. The van der Waals surface area contributed by atoms with Crippen molar-refractivity contribution in [2.45, 2.75) is 64.6 Å². The van der Waals surface area contributed by atoms with E-state index in [-0.39, 0.29) is 17.9 Å². The number of aromatic nitrogens is 2. The smallest absolute Gasteiger partial charge is 0.410 e. The minimum absolute atomic E-state index is 0.0943. The molecule has 7 heteroatoms. The van der Waals surface area contributed by atoms with Crippen molar-refractivity contribution >= 4 is 17.7 Å². The van der Waals surface area contributed by atoms with Crippen molar-refractivity contribution in [2.24, 2.45) is 0 Å². The zero-order valence-corrected chi connectivity index (χ0v) is 15.4. The van der Waals surface area contributed by atoms with Gasteiger partial charge in [-0.1, -0.05) is 0 Å². The monoisotopic (exact) mass is 346 g/mol. The Kier molecular flexibility index (Phi) is 4.67. The lowest BCUT2D eigenvalue weighted by Gasteiger charge is -2.31. The molecule has 2 aliphatic rings. The summed E-state index contributed by atoms with van der Waals surface area (Å²) in [4.78, 5) is 36.5. The molecule has 2 fully saturated rings. The van der Waals surface area contributed by atoms with E-state index in [0.29, 0.717) is 18.3 Å². The van der Waals surface area contributed by atoms with E-state index >= 15 is 0 Å². The molecule has 0 N–H and O–H groups in total. The highest BCUT2D eigenvalue weighted by Crippen LogP contribution is 2.33. The molecule has 1 aromatic heterocycles. The third-order valence-electron chi connectivity index (χ3n) is 4.42.